The molecule has 2 aromatic rings. The van der Waals surface area contributed by atoms with Gasteiger partial charge < -0.3 is 14.8 Å². The molecule has 0 radical (unpaired) electrons. The molecular weight excluding hydrogens is 342 g/mol. The Morgan fingerprint density at radius 3 is 2.78 bits per heavy atom. The molecule has 27 heavy (non-hydrogen) atoms. The van der Waals surface area contributed by atoms with Crippen LogP contribution in [0.15, 0.2) is 18.2 Å². The number of anilines is 1. The fourth-order valence-electron chi connectivity index (χ4n) is 3.73. The highest BCUT2D eigenvalue weighted by Gasteiger charge is 2.32. The van der Waals surface area contributed by atoms with Crippen molar-refractivity contribution in [3.8, 4) is 5.75 Å². The average molecular weight is 371 g/mol. The second kappa shape index (κ2) is 8.13. The lowest BCUT2D eigenvalue weighted by Gasteiger charge is -2.25. The summed E-state index contributed by atoms with van der Waals surface area (Å²) in [5, 5.41) is 7.77. The van der Waals surface area contributed by atoms with Gasteiger partial charge in [-0.15, -0.1) is 0 Å². The molecule has 6 nitrogen and oxygen atoms in total. The van der Waals surface area contributed by atoms with Gasteiger partial charge in [-0.3, -0.25) is 4.79 Å². The topological polar surface area (TPSA) is 65.4 Å². The van der Waals surface area contributed by atoms with Gasteiger partial charge in [0.2, 0.25) is 5.91 Å². The molecule has 1 N–H and O–H groups in total. The van der Waals surface area contributed by atoms with Gasteiger partial charge in [0.15, 0.2) is 0 Å². The van der Waals surface area contributed by atoms with E-state index in [1.807, 2.05) is 23.7 Å². The highest BCUT2D eigenvalue weighted by atomic mass is 16.5. The number of aromatic nitrogens is 2. The van der Waals surface area contributed by atoms with Crippen molar-refractivity contribution < 1.29 is 14.3 Å². The normalized spacial score (nSPS) is 16.4. The third-order valence-corrected chi connectivity index (χ3v) is 5.09. The van der Waals surface area contributed by atoms with Crippen molar-refractivity contribution in [3.05, 3.63) is 40.6 Å². The molecule has 0 fully saturated rings. The molecule has 6 heteroatoms. The highest BCUT2D eigenvalue weighted by molar-refractivity contribution is 5.94. The van der Waals surface area contributed by atoms with Gasteiger partial charge in [0.25, 0.3) is 0 Å². The van der Waals surface area contributed by atoms with Crippen LogP contribution in [0.1, 0.15) is 55.0 Å². The third kappa shape index (κ3) is 4.00. The molecule has 0 aliphatic carbocycles. The molecule has 2 heterocycles. The zero-order valence-corrected chi connectivity index (χ0v) is 16.8. The third-order valence-electron chi connectivity index (χ3n) is 5.09. The number of nitrogens with one attached hydrogen (secondary N) is 1. The van der Waals surface area contributed by atoms with Gasteiger partial charge in [-0.25, -0.2) is 4.68 Å². The molecule has 0 saturated carbocycles. The molecule has 0 spiro atoms. The summed E-state index contributed by atoms with van der Waals surface area (Å²) in [7, 11) is 3.32. The lowest BCUT2D eigenvalue weighted by Crippen LogP contribution is -2.25. The minimum absolute atomic E-state index is 0.0111. The molecule has 1 atom stereocenters. The number of hydrogen-bond donors (Lipinski definition) is 1. The van der Waals surface area contributed by atoms with E-state index in [1.165, 1.54) is 0 Å². The number of carbonyl (C=O) groups excluding carboxylic acids is 1. The van der Waals surface area contributed by atoms with Crippen molar-refractivity contribution in [3.63, 3.8) is 0 Å². The first kappa shape index (κ1) is 19.4. The number of carbonyl (C=O) groups is 1. The monoisotopic (exact) mass is 371 g/mol. The Bertz CT molecular complexity index is 826. The number of aryl methyl sites for hydroxylation is 2. The van der Waals surface area contributed by atoms with Crippen LogP contribution >= 0.6 is 0 Å². The number of hydrogen-bond acceptors (Lipinski definition) is 4. The van der Waals surface area contributed by atoms with Crippen molar-refractivity contribution in [2.45, 2.75) is 52.7 Å². The number of benzene rings is 1. The fourth-order valence-corrected chi connectivity index (χ4v) is 3.73. The van der Waals surface area contributed by atoms with Gasteiger partial charge in [-0.2, -0.15) is 5.10 Å². The fraction of sp³-hybridized carbons (Fsp3) is 0.524. The van der Waals surface area contributed by atoms with E-state index >= 15 is 0 Å². The highest BCUT2D eigenvalue weighted by Crippen LogP contribution is 2.40. The van der Waals surface area contributed by atoms with E-state index in [2.05, 4.69) is 25.2 Å². The Labute approximate surface area is 160 Å². The maximum Gasteiger partial charge on any atom is 0.226 e. The van der Waals surface area contributed by atoms with E-state index in [9.17, 15) is 4.79 Å². The summed E-state index contributed by atoms with van der Waals surface area (Å²) in [5.41, 5.74) is 4.16. The second-order valence-corrected chi connectivity index (χ2v) is 7.56. The van der Waals surface area contributed by atoms with Crippen LogP contribution in [0.4, 0.5) is 5.82 Å². The van der Waals surface area contributed by atoms with Crippen LogP contribution in [0.25, 0.3) is 0 Å². The van der Waals surface area contributed by atoms with Crippen LogP contribution in [-0.2, 0) is 22.7 Å². The minimum atomic E-state index is -0.0111. The second-order valence-electron chi connectivity index (χ2n) is 7.56. The van der Waals surface area contributed by atoms with Crippen LogP contribution < -0.4 is 10.1 Å². The number of rotatable bonds is 7. The van der Waals surface area contributed by atoms with Crippen molar-refractivity contribution in [1.82, 2.24) is 9.78 Å². The zero-order valence-electron chi connectivity index (χ0n) is 16.8. The van der Waals surface area contributed by atoms with Crippen LogP contribution in [0, 0.1) is 12.8 Å². The van der Waals surface area contributed by atoms with Crippen LogP contribution in [-0.4, -0.2) is 29.9 Å². The Balaban J connectivity index is 2.01. The van der Waals surface area contributed by atoms with Crippen LogP contribution in [0.5, 0.6) is 5.75 Å². The quantitative estimate of drug-likeness (QED) is 0.802. The lowest BCUT2D eigenvalue weighted by molar-refractivity contribution is -0.116. The predicted octanol–water partition coefficient (Wildman–Crippen LogP) is 3.87. The summed E-state index contributed by atoms with van der Waals surface area (Å²) in [5.74, 6) is 2.24. The largest absolute Gasteiger partial charge is 0.496 e. The van der Waals surface area contributed by atoms with E-state index in [1.54, 1.807) is 14.2 Å². The number of amides is 1. The summed E-state index contributed by atoms with van der Waals surface area (Å²) in [6.45, 7) is 7.68. The van der Waals surface area contributed by atoms with Gasteiger partial charge in [0.1, 0.15) is 11.6 Å². The molecule has 0 saturated heterocycles. The van der Waals surface area contributed by atoms with Crippen molar-refractivity contribution in [2.75, 3.05) is 19.5 Å². The summed E-state index contributed by atoms with van der Waals surface area (Å²) in [4.78, 5) is 12.4. The zero-order chi connectivity index (χ0) is 19.6. The summed E-state index contributed by atoms with van der Waals surface area (Å²) < 4.78 is 12.7. The van der Waals surface area contributed by atoms with Crippen molar-refractivity contribution in [1.29, 1.82) is 0 Å². The Morgan fingerprint density at radius 2 is 2.11 bits per heavy atom. The Kier molecular flexibility index (Phi) is 5.85. The SMILES string of the molecule is COCc1cc(C2CC(=O)Nc3c2c(C)nn3CCC(C)C)ccc1OC. The van der Waals surface area contributed by atoms with Gasteiger partial charge in [0.05, 0.1) is 19.4 Å². The Hall–Kier alpha value is -2.34. The molecule has 1 aliphatic heterocycles. The summed E-state index contributed by atoms with van der Waals surface area (Å²) in [6.07, 6.45) is 1.44. The lowest BCUT2D eigenvalue weighted by atomic mass is 9.85. The van der Waals surface area contributed by atoms with E-state index in [-0.39, 0.29) is 11.8 Å². The number of methoxy groups -OCH3 is 2. The van der Waals surface area contributed by atoms with E-state index in [0.717, 1.165) is 46.9 Å². The van der Waals surface area contributed by atoms with Gasteiger partial charge in [-0.05, 0) is 37.0 Å². The number of fused-ring (bicyclic) bond motifs is 1. The molecule has 1 aliphatic rings. The van der Waals surface area contributed by atoms with Gasteiger partial charge in [0, 0.05) is 37.1 Å². The first-order valence-corrected chi connectivity index (χ1v) is 9.47. The maximum absolute atomic E-state index is 12.4. The molecule has 3 rings (SSSR count). The average Bonchev–Trinajstić information content (AvgIpc) is 2.95. The smallest absolute Gasteiger partial charge is 0.226 e. The van der Waals surface area contributed by atoms with E-state index in [4.69, 9.17) is 14.6 Å². The van der Waals surface area contributed by atoms with E-state index in [0.29, 0.717) is 18.9 Å². The standard InChI is InChI=1S/C21H29N3O3/c1-13(2)8-9-24-21-20(14(3)23-24)17(11-19(25)22-21)15-6-7-18(27-5)16(10-15)12-26-4/h6-7,10,13,17H,8-9,11-12H2,1-5H3,(H,22,25). The first-order valence-electron chi connectivity index (χ1n) is 9.47. The van der Waals surface area contributed by atoms with E-state index < -0.39 is 0 Å². The predicted molar refractivity (Wildman–Crippen MR) is 105 cm³/mol. The Morgan fingerprint density at radius 1 is 1.33 bits per heavy atom. The first-order chi connectivity index (χ1) is 12.9. The molecule has 146 valence electrons. The maximum atomic E-state index is 12.4. The van der Waals surface area contributed by atoms with Crippen molar-refractivity contribution >= 4 is 11.7 Å². The van der Waals surface area contributed by atoms with Gasteiger partial charge >= 0.3 is 0 Å². The minimum Gasteiger partial charge on any atom is -0.496 e. The molecule has 0 bridgehead atoms. The molecule has 1 unspecified atom stereocenters. The molecule has 1 aromatic heterocycles. The van der Waals surface area contributed by atoms with Crippen LogP contribution in [0.2, 0.25) is 0 Å². The molecule has 1 amide bonds. The van der Waals surface area contributed by atoms with Crippen LogP contribution in [0.3, 0.4) is 0 Å². The van der Waals surface area contributed by atoms with Gasteiger partial charge in [-0.1, -0.05) is 19.9 Å². The molecule has 1 aromatic carbocycles. The summed E-state index contributed by atoms with van der Waals surface area (Å²) >= 11 is 0. The summed E-state index contributed by atoms with van der Waals surface area (Å²) in [6, 6.07) is 6.07. The molecular formula is C21H29N3O3. The number of nitrogens with zero attached hydrogens (tertiary/aromatic N) is 2. The van der Waals surface area contributed by atoms with Crippen molar-refractivity contribution in [2.24, 2.45) is 5.92 Å². The number of ether oxygens (including phenoxy) is 2.